The Morgan fingerprint density at radius 1 is 1.41 bits per heavy atom. The number of hydrogen-bond acceptors (Lipinski definition) is 5. The molecule has 1 aliphatic rings. The molecule has 1 N–H and O–H groups in total. The Morgan fingerprint density at radius 3 is 3.06 bits per heavy atom. The molecule has 3 heterocycles. The first-order chi connectivity index (χ1) is 8.25. The highest BCUT2D eigenvalue weighted by atomic mass is 32.1. The van der Waals surface area contributed by atoms with Crippen molar-refractivity contribution in [3.05, 3.63) is 21.8 Å². The van der Waals surface area contributed by atoms with Crippen molar-refractivity contribution in [1.82, 2.24) is 19.8 Å². The first kappa shape index (κ1) is 10.7. The maximum atomic E-state index is 4.41. The summed E-state index contributed by atoms with van der Waals surface area (Å²) in [5, 5.41) is 11.6. The van der Waals surface area contributed by atoms with Crippen LogP contribution in [0.25, 0.3) is 0 Å². The van der Waals surface area contributed by atoms with Gasteiger partial charge in [-0.1, -0.05) is 4.49 Å². The molecule has 3 rings (SSSR count). The van der Waals surface area contributed by atoms with Gasteiger partial charge in [0.15, 0.2) is 5.82 Å². The molecule has 0 unspecified atom stereocenters. The van der Waals surface area contributed by atoms with Gasteiger partial charge in [0.05, 0.1) is 17.1 Å². The largest absolute Gasteiger partial charge is 0.350 e. The normalized spacial score (nSPS) is 15.1. The predicted octanol–water partition coefficient (Wildman–Crippen LogP) is 1.83. The third-order valence-electron chi connectivity index (χ3n) is 3.29. The number of aryl methyl sites for hydroxylation is 2. The predicted molar refractivity (Wildman–Crippen MR) is 67.3 cm³/mol. The maximum Gasteiger partial charge on any atom is 0.154 e. The summed E-state index contributed by atoms with van der Waals surface area (Å²) in [6.45, 7) is 6.05. The number of fused-ring (bicyclic) bond motifs is 1. The van der Waals surface area contributed by atoms with E-state index in [4.69, 9.17) is 0 Å². The van der Waals surface area contributed by atoms with Crippen LogP contribution in [0.4, 0.5) is 5.82 Å². The topological polar surface area (TPSA) is 57.7 Å². The minimum Gasteiger partial charge on any atom is -0.350 e. The summed E-state index contributed by atoms with van der Waals surface area (Å²) in [4.78, 5) is 3.56. The lowest BCUT2D eigenvalue weighted by Gasteiger charge is -2.27. The number of rotatable bonds is 2. The summed E-state index contributed by atoms with van der Waals surface area (Å²) in [6, 6.07) is 0. The van der Waals surface area contributed by atoms with Crippen LogP contribution in [-0.2, 0) is 13.0 Å². The molecule has 2 aromatic rings. The Bertz CT molecular complexity index is 530. The summed E-state index contributed by atoms with van der Waals surface area (Å²) in [7, 11) is 0. The van der Waals surface area contributed by atoms with E-state index in [0.29, 0.717) is 0 Å². The number of nitrogens with one attached hydrogen (secondary N) is 1. The molecule has 0 atom stereocenters. The molecule has 1 aliphatic heterocycles. The molecule has 2 aromatic heterocycles. The van der Waals surface area contributed by atoms with E-state index in [0.717, 1.165) is 31.0 Å². The molecule has 0 saturated carbocycles. The molecule has 6 heteroatoms. The van der Waals surface area contributed by atoms with Crippen LogP contribution in [0.3, 0.4) is 0 Å². The Labute approximate surface area is 104 Å². The lowest BCUT2D eigenvalue weighted by molar-refractivity contribution is 0.684. The van der Waals surface area contributed by atoms with Crippen LogP contribution in [0, 0.1) is 13.8 Å². The van der Waals surface area contributed by atoms with Gasteiger partial charge in [0.2, 0.25) is 0 Å². The zero-order valence-corrected chi connectivity index (χ0v) is 10.8. The summed E-state index contributed by atoms with van der Waals surface area (Å²) in [6.07, 6.45) is 2.33. The van der Waals surface area contributed by atoms with E-state index in [9.17, 15) is 0 Å². The van der Waals surface area contributed by atoms with Crippen LogP contribution >= 0.6 is 11.5 Å². The van der Waals surface area contributed by atoms with Crippen molar-refractivity contribution in [2.24, 2.45) is 0 Å². The number of aromatic nitrogens is 4. The van der Waals surface area contributed by atoms with Gasteiger partial charge in [-0.3, -0.25) is 5.10 Å². The summed E-state index contributed by atoms with van der Waals surface area (Å²) < 4.78 is 3.99. The number of H-pyrrole nitrogens is 1. The monoisotopic (exact) mass is 249 g/mol. The van der Waals surface area contributed by atoms with Crippen LogP contribution < -0.4 is 4.90 Å². The van der Waals surface area contributed by atoms with Gasteiger partial charge < -0.3 is 4.90 Å². The number of anilines is 1. The van der Waals surface area contributed by atoms with Gasteiger partial charge in [-0.05, 0) is 38.2 Å². The second-order valence-corrected chi connectivity index (χ2v) is 5.30. The average molecular weight is 249 g/mol. The first-order valence-corrected chi connectivity index (χ1v) is 6.59. The molecule has 90 valence electrons. The van der Waals surface area contributed by atoms with Crippen molar-refractivity contribution in [2.45, 2.75) is 33.2 Å². The summed E-state index contributed by atoms with van der Waals surface area (Å²) >= 11 is 1.48. The van der Waals surface area contributed by atoms with Crippen molar-refractivity contribution in [1.29, 1.82) is 0 Å². The van der Waals surface area contributed by atoms with Crippen molar-refractivity contribution in [2.75, 3.05) is 11.4 Å². The second kappa shape index (κ2) is 4.10. The van der Waals surface area contributed by atoms with E-state index in [1.807, 2.05) is 6.92 Å². The summed E-state index contributed by atoms with van der Waals surface area (Å²) in [5.41, 5.74) is 3.60. The Kier molecular flexibility index (Phi) is 2.58. The Morgan fingerprint density at radius 2 is 2.29 bits per heavy atom. The van der Waals surface area contributed by atoms with Gasteiger partial charge in [0.1, 0.15) is 0 Å². The average Bonchev–Trinajstić information content (AvgIpc) is 2.89. The molecular formula is C11H15N5S. The van der Waals surface area contributed by atoms with Crippen molar-refractivity contribution in [3.63, 3.8) is 0 Å². The zero-order valence-electron chi connectivity index (χ0n) is 10.0. The van der Waals surface area contributed by atoms with Gasteiger partial charge >= 0.3 is 0 Å². The van der Waals surface area contributed by atoms with Gasteiger partial charge in [0.25, 0.3) is 0 Å². The zero-order chi connectivity index (χ0) is 11.8. The van der Waals surface area contributed by atoms with E-state index in [2.05, 4.69) is 31.6 Å². The van der Waals surface area contributed by atoms with Crippen LogP contribution in [0.1, 0.15) is 28.2 Å². The number of aromatic amines is 1. The van der Waals surface area contributed by atoms with Gasteiger partial charge in [-0.25, -0.2) is 0 Å². The molecule has 5 nitrogen and oxygen atoms in total. The Balaban J connectivity index is 1.88. The van der Waals surface area contributed by atoms with E-state index in [1.54, 1.807) is 0 Å². The lowest BCUT2D eigenvalue weighted by atomic mass is 10.1. The molecule has 17 heavy (non-hydrogen) atoms. The molecule has 0 radical (unpaired) electrons. The highest BCUT2D eigenvalue weighted by Crippen LogP contribution is 2.29. The number of hydrogen-bond donors (Lipinski definition) is 1. The fourth-order valence-corrected chi connectivity index (χ4v) is 2.92. The van der Waals surface area contributed by atoms with Gasteiger partial charge in [-0.15, -0.1) is 5.10 Å². The highest BCUT2D eigenvalue weighted by molar-refractivity contribution is 7.05. The lowest BCUT2D eigenvalue weighted by Crippen LogP contribution is -2.28. The number of nitrogens with zero attached hydrogens (tertiary/aromatic N) is 4. The van der Waals surface area contributed by atoms with Gasteiger partial charge in [0, 0.05) is 17.8 Å². The quantitative estimate of drug-likeness (QED) is 0.882. The first-order valence-electron chi connectivity index (χ1n) is 5.82. The standard InChI is InChI=1S/C11H15N5S/c1-7-9-4-3-5-16(11(9)14-12-7)6-10-8(2)13-15-17-10/h3-6H2,1-2H3,(H,12,14). The second-order valence-electron chi connectivity index (χ2n) is 4.46. The Hall–Kier alpha value is -1.43. The molecule has 0 bridgehead atoms. The van der Waals surface area contributed by atoms with E-state index >= 15 is 0 Å². The van der Waals surface area contributed by atoms with Crippen molar-refractivity contribution < 1.29 is 0 Å². The minimum absolute atomic E-state index is 0.876. The SMILES string of the molecule is Cc1nnsc1CN1CCCc2c1n[nH]c2C. The van der Waals surface area contributed by atoms with E-state index in [-0.39, 0.29) is 0 Å². The van der Waals surface area contributed by atoms with Crippen LogP contribution in [0.15, 0.2) is 0 Å². The maximum absolute atomic E-state index is 4.41. The highest BCUT2D eigenvalue weighted by Gasteiger charge is 2.22. The van der Waals surface area contributed by atoms with Crippen molar-refractivity contribution >= 4 is 17.4 Å². The molecule has 0 fully saturated rings. The van der Waals surface area contributed by atoms with Crippen LogP contribution in [0.5, 0.6) is 0 Å². The van der Waals surface area contributed by atoms with Crippen LogP contribution in [0.2, 0.25) is 0 Å². The molecule has 0 spiro atoms. The van der Waals surface area contributed by atoms with E-state index < -0.39 is 0 Å². The third-order valence-corrected chi connectivity index (χ3v) is 4.09. The van der Waals surface area contributed by atoms with Crippen LogP contribution in [-0.4, -0.2) is 26.3 Å². The smallest absolute Gasteiger partial charge is 0.154 e. The van der Waals surface area contributed by atoms with Gasteiger partial charge in [-0.2, -0.15) is 5.10 Å². The molecule has 0 aromatic carbocycles. The molecule has 0 aliphatic carbocycles. The molecule has 0 amide bonds. The summed E-state index contributed by atoms with van der Waals surface area (Å²) in [5.74, 6) is 1.11. The third kappa shape index (κ3) is 1.82. The molecule has 0 saturated heterocycles. The van der Waals surface area contributed by atoms with Crippen molar-refractivity contribution in [3.8, 4) is 0 Å². The minimum atomic E-state index is 0.876. The fraction of sp³-hybridized carbons (Fsp3) is 0.545. The molecular weight excluding hydrogens is 234 g/mol. The van der Waals surface area contributed by atoms with E-state index in [1.165, 1.54) is 34.1 Å². The fourth-order valence-electron chi connectivity index (χ4n) is 2.28.